The maximum Gasteiger partial charge on any atom is 4.00 e. The van der Waals surface area contributed by atoms with E-state index >= 15 is 0 Å². The first-order valence-corrected chi connectivity index (χ1v) is 18.6. The van der Waals surface area contributed by atoms with Gasteiger partial charge in [-0.3, -0.25) is 0 Å². The van der Waals surface area contributed by atoms with E-state index in [1.807, 2.05) is 0 Å². The van der Waals surface area contributed by atoms with Crippen LogP contribution in [0.25, 0.3) is 43.8 Å². The van der Waals surface area contributed by atoms with Crippen molar-refractivity contribution < 1.29 is 25.8 Å². The Bertz CT molecular complexity index is 1860. The van der Waals surface area contributed by atoms with Crippen molar-refractivity contribution in [3.8, 4) is 22.3 Å². The summed E-state index contributed by atoms with van der Waals surface area (Å²) in [4.78, 5) is 0. The van der Waals surface area contributed by atoms with Gasteiger partial charge in [0.2, 0.25) is 0 Å². The molecule has 0 aliphatic rings. The zero-order chi connectivity index (χ0) is 37.1. The summed E-state index contributed by atoms with van der Waals surface area (Å²) in [6, 6.07) is 32.9. The summed E-state index contributed by atoms with van der Waals surface area (Å²) >= 11 is 0. The number of hydrogen-bond acceptors (Lipinski definition) is 0. The molecule has 1 heteroatoms. The van der Waals surface area contributed by atoms with E-state index in [0.29, 0.717) is 0 Å². The van der Waals surface area contributed by atoms with E-state index < -0.39 is 0 Å². The van der Waals surface area contributed by atoms with Crippen molar-refractivity contribution in [1.82, 2.24) is 0 Å². The Balaban J connectivity index is 0.000000224. The van der Waals surface area contributed by atoms with Crippen molar-refractivity contribution in [2.45, 2.75) is 132 Å². The molecule has 6 rings (SSSR count). The van der Waals surface area contributed by atoms with Gasteiger partial charge in [0.15, 0.2) is 0 Å². The van der Waals surface area contributed by atoms with Gasteiger partial charge in [0.05, 0.1) is 0 Å². The van der Waals surface area contributed by atoms with Crippen LogP contribution >= 0.6 is 0 Å². The second kappa shape index (κ2) is 14.4. The summed E-state index contributed by atoms with van der Waals surface area (Å²) in [5.41, 5.74) is 17.0. The smallest absolute Gasteiger partial charge is 0.145 e. The number of benzene rings is 4. The van der Waals surface area contributed by atoms with Gasteiger partial charge in [-0.05, 0) is 71.6 Å². The van der Waals surface area contributed by atoms with Crippen LogP contribution in [0.4, 0.5) is 0 Å². The summed E-state index contributed by atoms with van der Waals surface area (Å²) < 4.78 is 0. The van der Waals surface area contributed by atoms with Gasteiger partial charge in [0, 0.05) is 0 Å². The molecule has 0 fully saturated rings. The van der Waals surface area contributed by atoms with Gasteiger partial charge in [0.1, 0.15) is 0 Å². The summed E-state index contributed by atoms with van der Waals surface area (Å²) in [6.07, 6.45) is 0. The maximum atomic E-state index is 2.39. The van der Waals surface area contributed by atoms with Crippen molar-refractivity contribution in [2.75, 3.05) is 0 Å². The molecule has 0 spiro atoms. The van der Waals surface area contributed by atoms with Crippen LogP contribution in [0.5, 0.6) is 0 Å². The van der Waals surface area contributed by atoms with Crippen LogP contribution in [-0.2, 0) is 47.5 Å². The molecule has 0 bridgehead atoms. The first-order chi connectivity index (χ1) is 22.9. The maximum absolute atomic E-state index is 2.39. The van der Waals surface area contributed by atoms with E-state index in [-0.39, 0.29) is 47.5 Å². The SMILES string of the molecule is Cc1cc2cc(-c3cc(C(C)(C)C)cc(C(C)(C)C)c3)[cH-]c2cc1C.Cc1cc2cc(-c3cc(C(C)(C)C)cc(C(C)(C)C)c3)[cH-]c2cc1C.[Hf+4]. The zero-order valence-electron chi connectivity index (χ0n) is 34.6. The van der Waals surface area contributed by atoms with Gasteiger partial charge in [-0.1, -0.05) is 165 Å². The van der Waals surface area contributed by atoms with Crippen molar-refractivity contribution in [2.24, 2.45) is 0 Å². The van der Waals surface area contributed by atoms with E-state index in [0.717, 1.165) is 0 Å². The average Bonchev–Trinajstić information content (AvgIpc) is 3.59. The fourth-order valence-corrected chi connectivity index (χ4v) is 6.63. The van der Waals surface area contributed by atoms with Gasteiger partial charge in [-0.2, -0.15) is 0 Å². The Kier molecular flexibility index (Phi) is 11.5. The molecular formula is C50H62Hf+2. The van der Waals surface area contributed by atoms with Crippen LogP contribution in [0.1, 0.15) is 128 Å². The van der Waals surface area contributed by atoms with Gasteiger partial charge >= 0.3 is 25.8 Å². The first-order valence-electron chi connectivity index (χ1n) is 18.6. The summed E-state index contributed by atoms with van der Waals surface area (Å²) in [5.74, 6) is 0. The normalized spacial score (nSPS) is 12.5. The predicted octanol–water partition coefficient (Wildman–Crippen LogP) is 14.9. The second-order valence-electron chi connectivity index (χ2n) is 19.2. The topological polar surface area (TPSA) is 0 Å². The van der Waals surface area contributed by atoms with Gasteiger partial charge in [-0.15, -0.1) is 69.1 Å². The Labute approximate surface area is 329 Å². The van der Waals surface area contributed by atoms with E-state index in [1.54, 1.807) is 0 Å². The molecule has 0 saturated carbocycles. The fraction of sp³-hybridized carbons (Fsp3) is 0.400. The minimum absolute atomic E-state index is 0. The van der Waals surface area contributed by atoms with E-state index in [1.165, 1.54) is 88.3 Å². The monoisotopic (exact) mass is 842 g/mol. The van der Waals surface area contributed by atoms with Gasteiger partial charge in [-0.25, -0.2) is 0 Å². The third kappa shape index (κ3) is 9.32. The van der Waals surface area contributed by atoms with Crippen LogP contribution < -0.4 is 0 Å². The molecule has 0 aliphatic heterocycles. The van der Waals surface area contributed by atoms with Crippen molar-refractivity contribution in [3.63, 3.8) is 0 Å². The molecule has 0 unspecified atom stereocenters. The van der Waals surface area contributed by atoms with Crippen LogP contribution in [0.15, 0.2) is 84.9 Å². The second-order valence-corrected chi connectivity index (χ2v) is 19.2. The molecule has 0 radical (unpaired) electrons. The number of fused-ring (bicyclic) bond motifs is 2. The predicted molar refractivity (Wildman–Crippen MR) is 224 cm³/mol. The molecule has 6 aromatic rings. The number of rotatable bonds is 2. The average molecular weight is 842 g/mol. The molecule has 6 aromatic carbocycles. The molecule has 0 aromatic heterocycles. The summed E-state index contributed by atoms with van der Waals surface area (Å²) in [6.45, 7) is 36.4. The number of aryl methyl sites for hydroxylation is 4. The largest absolute Gasteiger partial charge is 4.00 e. The number of hydrogen-bond donors (Lipinski definition) is 0. The zero-order valence-corrected chi connectivity index (χ0v) is 38.2. The van der Waals surface area contributed by atoms with E-state index in [4.69, 9.17) is 0 Å². The molecule has 0 saturated heterocycles. The Morgan fingerprint density at radius 3 is 0.843 bits per heavy atom. The molecular weight excluding hydrogens is 779 g/mol. The van der Waals surface area contributed by atoms with Crippen molar-refractivity contribution in [1.29, 1.82) is 0 Å². The van der Waals surface area contributed by atoms with Crippen LogP contribution in [0.3, 0.4) is 0 Å². The van der Waals surface area contributed by atoms with E-state index in [9.17, 15) is 0 Å². The van der Waals surface area contributed by atoms with Gasteiger partial charge in [0.25, 0.3) is 0 Å². The van der Waals surface area contributed by atoms with Crippen LogP contribution in [0, 0.1) is 27.7 Å². The Hall–Kier alpha value is -3.03. The minimum Gasteiger partial charge on any atom is -0.145 e. The molecule has 264 valence electrons. The Morgan fingerprint density at radius 1 is 0.333 bits per heavy atom. The molecule has 51 heavy (non-hydrogen) atoms. The third-order valence-electron chi connectivity index (χ3n) is 10.6. The standard InChI is InChI=1S/2C25H31.Hf/c2*1-16-9-18-11-20(12-19(18)10-17(16)2)21-13-22(24(3,4)5)15-23(14-21)25(6,7)8;/h2*9-15H,1-8H3;/q2*-1;+4. The van der Waals surface area contributed by atoms with Gasteiger partial charge < -0.3 is 0 Å². The quantitative estimate of drug-likeness (QED) is 0.120. The van der Waals surface area contributed by atoms with E-state index in [2.05, 4.69) is 196 Å². The molecule has 0 nitrogen and oxygen atoms in total. The first kappa shape index (κ1) is 40.7. The Morgan fingerprint density at radius 2 is 0.588 bits per heavy atom. The van der Waals surface area contributed by atoms with Crippen LogP contribution in [0.2, 0.25) is 0 Å². The molecule has 0 amide bonds. The summed E-state index contributed by atoms with van der Waals surface area (Å²) in [5, 5.41) is 5.38. The summed E-state index contributed by atoms with van der Waals surface area (Å²) in [7, 11) is 0. The fourth-order valence-electron chi connectivity index (χ4n) is 6.63. The van der Waals surface area contributed by atoms with Crippen molar-refractivity contribution >= 4 is 21.5 Å². The van der Waals surface area contributed by atoms with Crippen LogP contribution in [-0.4, -0.2) is 0 Å². The third-order valence-corrected chi connectivity index (χ3v) is 10.6. The molecule has 0 heterocycles. The molecule has 0 aliphatic carbocycles. The van der Waals surface area contributed by atoms with Crippen molar-refractivity contribution in [3.05, 3.63) is 129 Å². The minimum atomic E-state index is 0. The molecule has 0 atom stereocenters. The molecule has 0 N–H and O–H groups in total.